The zero-order valence-electron chi connectivity index (χ0n) is 35.3. The van der Waals surface area contributed by atoms with Crippen LogP contribution in [0.2, 0.25) is 0 Å². The topological polar surface area (TPSA) is 189 Å². The minimum atomic E-state index is -1.70. The lowest BCUT2D eigenvalue weighted by Crippen LogP contribution is -2.60. The Hall–Kier alpha value is -1.46. The highest BCUT2D eigenvalue weighted by Gasteiger charge is 2.52. The van der Waals surface area contributed by atoms with E-state index in [1.54, 1.807) is 34.6 Å². The highest BCUT2D eigenvalue weighted by molar-refractivity contribution is 5.88. The van der Waals surface area contributed by atoms with Gasteiger partial charge in [-0.2, -0.15) is 0 Å². The van der Waals surface area contributed by atoms with Crippen molar-refractivity contribution in [3.63, 3.8) is 0 Å². The minimum Gasteiger partial charge on any atom is -0.462 e. The maximum Gasteiger partial charge on any atom is 0.311 e. The smallest absolute Gasteiger partial charge is 0.311 e. The van der Waals surface area contributed by atoms with Crippen LogP contribution in [0.3, 0.4) is 0 Å². The summed E-state index contributed by atoms with van der Waals surface area (Å²) < 4.78 is 37.9. The van der Waals surface area contributed by atoms with E-state index >= 15 is 0 Å². The molecular formula is C40H74N2O12. The van der Waals surface area contributed by atoms with Gasteiger partial charge in [0.1, 0.15) is 18.3 Å². The van der Waals surface area contributed by atoms with Crippen molar-refractivity contribution in [2.75, 3.05) is 21.2 Å². The van der Waals surface area contributed by atoms with E-state index in [2.05, 4.69) is 19.0 Å². The lowest BCUT2D eigenvalue weighted by molar-refractivity contribution is -0.317. The first-order valence-corrected chi connectivity index (χ1v) is 20.1. The number of aliphatic hydroxyl groups excluding tert-OH is 3. The number of carbonyl (C=O) groups excluding carboxylic acids is 1. The highest BCUT2D eigenvalue weighted by Crippen LogP contribution is 2.41. The predicted octanol–water partition coefficient (Wildman–Crippen LogP) is 3.96. The zero-order valence-corrected chi connectivity index (χ0v) is 35.3. The molecule has 0 radical (unpaired) electrons. The summed E-state index contributed by atoms with van der Waals surface area (Å²) in [7, 11) is 5.26. The number of rotatable bonds is 9. The van der Waals surface area contributed by atoms with Crippen LogP contribution in [0.4, 0.5) is 0 Å². The zero-order chi connectivity index (χ0) is 41.0. The number of hydrogen-bond acceptors (Lipinski definition) is 14. The fraction of sp³-hybridized carbons (Fsp3) is 0.950. The summed E-state index contributed by atoms with van der Waals surface area (Å²) in [4.78, 5) is 16.3. The Morgan fingerprint density at radius 3 is 2.13 bits per heavy atom. The number of hydrogen-bond donors (Lipinski definition) is 5. The number of cyclic esters (lactones) is 1. The Bertz CT molecular complexity index is 1220. The van der Waals surface area contributed by atoms with E-state index in [0.29, 0.717) is 12.8 Å². The van der Waals surface area contributed by atoms with Crippen molar-refractivity contribution in [3.05, 3.63) is 0 Å². The first-order valence-electron chi connectivity index (χ1n) is 20.1. The third-order valence-electron chi connectivity index (χ3n) is 12.9. The molecule has 0 spiro atoms. The van der Waals surface area contributed by atoms with E-state index < -0.39 is 102 Å². The molecule has 1 unspecified atom stereocenters. The van der Waals surface area contributed by atoms with Crippen LogP contribution >= 0.6 is 0 Å². The molecule has 0 aromatic carbocycles. The van der Waals surface area contributed by atoms with Crippen molar-refractivity contribution in [2.24, 2.45) is 40.7 Å². The minimum absolute atomic E-state index is 0.0229. The average Bonchev–Trinajstić information content (AvgIpc) is 3.10. The number of ether oxygens (including phenoxy) is 6. The normalized spacial score (nSPS) is 47.6. The summed E-state index contributed by atoms with van der Waals surface area (Å²) in [6, 6.07) is -0.299. The number of esters is 1. The maximum absolute atomic E-state index is 14.4. The Labute approximate surface area is 323 Å². The molecule has 3 fully saturated rings. The molecule has 14 nitrogen and oxygen atoms in total. The van der Waals surface area contributed by atoms with E-state index in [4.69, 9.17) is 28.4 Å². The average molecular weight is 775 g/mol. The molecule has 3 heterocycles. The van der Waals surface area contributed by atoms with E-state index in [1.807, 2.05) is 46.7 Å². The van der Waals surface area contributed by atoms with E-state index in [0.717, 1.165) is 6.42 Å². The Morgan fingerprint density at radius 1 is 0.944 bits per heavy atom. The van der Waals surface area contributed by atoms with Crippen molar-refractivity contribution in [1.29, 1.82) is 0 Å². The first kappa shape index (κ1) is 46.9. The summed E-state index contributed by atoms with van der Waals surface area (Å²) in [5.74, 6) is -3.84. The van der Waals surface area contributed by atoms with Gasteiger partial charge in [-0.05, 0) is 73.9 Å². The Balaban J connectivity index is 2.21. The lowest BCUT2D eigenvalue weighted by atomic mass is 9.74. The second-order valence-corrected chi connectivity index (χ2v) is 17.7. The quantitative estimate of drug-likeness (QED) is 0.129. The third kappa shape index (κ3) is 10.7. The standard InChI is InChI=1S/C40H74N2O12/c1-15-20(2)16-29-23(5)32(43)24(6)31(41-48)21(3)18-39(10,47)36(54-38-33(44)28(42(12)13)17-22(4)50-38)25(7)34(26(8)37(46)52-29)53-30-19-40(11,49-14)35(45)27(9)51-30/h20-30,32-36,38,43-45,47-48H,15-19H2,1-14H3/b41-31-/t20?,21-,22+,23+,24+,25+,26-,27+,28-,29-,30+,32+,33+,34+,35+,36-,38-,39-,40-/m1/s1. The van der Waals surface area contributed by atoms with Crippen molar-refractivity contribution in [1.82, 2.24) is 4.90 Å². The number of nitrogens with zero attached hydrogens (tertiary/aromatic N) is 2. The van der Waals surface area contributed by atoms with Crippen molar-refractivity contribution in [2.45, 2.75) is 187 Å². The van der Waals surface area contributed by atoms with E-state index in [9.17, 15) is 30.4 Å². The van der Waals surface area contributed by atoms with Crippen LogP contribution in [0.5, 0.6) is 0 Å². The molecule has 0 bridgehead atoms. The molecule has 3 aliphatic heterocycles. The lowest BCUT2D eigenvalue weighted by Gasteiger charge is -2.49. The summed E-state index contributed by atoms with van der Waals surface area (Å²) in [5, 5.41) is 60.8. The molecule has 5 N–H and O–H groups in total. The van der Waals surface area contributed by atoms with Crippen LogP contribution in [-0.2, 0) is 33.2 Å². The Kier molecular flexibility index (Phi) is 16.8. The summed E-state index contributed by atoms with van der Waals surface area (Å²) in [5.41, 5.74) is -2.44. The molecule has 19 atom stereocenters. The van der Waals surface area contributed by atoms with Gasteiger partial charge < -0.3 is 59.0 Å². The molecule has 3 rings (SSSR count). The predicted molar refractivity (Wildman–Crippen MR) is 203 cm³/mol. The molecule has 316 valence electrons. The number of oxime groups is 1. The van der Waals surface area contributed by atoms with Crippen LogP contribution < -0.4 is 0 Å². The fourth-order valence-electron chi connectivity index (χ4n) is 8.93. The SMILES string of the molecule is CCC(C)C[C@H]1OC(=O)[C@H](C)[C@@H](O[C@H]2C[C@@](C)(OC)[C@@H](O)[C@H](C)O2)[C@H](C)[C@@H](O[C@H]2O[C@@H](C)C[C@@H](N(C)C)[C@@H]2O)[C@](C)(O)C[C@@H](C)/C(=N/O)[C@H](C)[C@@H](O)[C@H]1C. The first-order chi connectivity index (χ1) is 25.0. The number of likely N-dealkylation sites (N-methyl/N-ethyl adjacent to an activating group) is 1. The summed E-state index contributed by atoms with van der Waals surface area (Å²) in [6.45, 7) is 20.1. The molecule has 14 heteroatoms. The number of aliphatic hydroxyl groups is 4. The Morgan fingerprint density at radius 2 is 1.57 bits per heavy atom. The van der Waals surface area contributed by atoms with Gasteiger partial charge in [0.05, 0.1) is 53.4 Å². The van der Waals surface area contributed by atoms with Crippen molar-refractivity contribution < 1.29 is 58.8 Å². The number of carbonyl (C=O) groups is 1. The molecule has 54 heavy (non-hydrogen) atoms. The molecule has 0 aliphatic carbocycles. The van der Waals surface area contributed by atoms with Gasteiger partial charge in [-0.15, -0.1) is 0 Å². The van der Waals surface area contributed by atoms with Crippen molar-refractivity contribution >= 4 is 11.7 Å². The molecular weight excluding hydrogens is 700 g/mol. The van der Waals surface area contributed by atoms with Gasteiger partial charge in [-0.25, -0.2) is 0 Å². The largest absolute Gasteiger partial charge is 0.462 e. The second-order valence-electron chi connectivity index (χ2n) is 17.7. The maximum atomic E-state index is 14.4. The van der Waals surface area contributed by atoms with E-state index in [-0.39, 0.29) is 36.6 Å². The molecule has 0 amide bonds. The fourth-order valence-corrected chi connectivity index (χ4v) is 8.93. The molecule has 3 saturated heterocycles. The molecule has 0 aromatic heterocycles. The molecule has 0 saturated carbocycles. The van der Waals surface area contributed by atoms with E-state index in [1.165, 1.54) is 7.11 Å². The third-order valence-corrected chi connectivity index (χ3v) is 12.9. The van der Waals surface area contributed by atoms with Gasteiger partial charge in [0.25, 0.3) is 0 Å². The molecule has 0 aromatic rings. The summed E-state index contributed by atoms with van der Waals surface area (Å²) in [6.07, 6.45) is -6.86. The van der Waals surface area contributed by atoms with Crippen molar-refractivity contribution in [3.8, 4) is 0 Å². The monoisotopic (exact) mass is 775 g/mol. The van der Waals surface area contributed by atoms with Crippen LogP contribution in [0, 0.1) is 35.5 Å². The van der Waals surface area contributed by atoms with Gasteiger partial charge in [-0.3, -0.25) is 4.79 Å². The van der Waals surface area contributed by atoms with Crippen LogP contribution in [0.1, 0.15) is 108 Å². The van der Waals surface area contributed by atoms with Crippen LogP contribution in [0.25, 0.3) is 0 Å². The summed E-state index contributed by atoms with van der Waals surface area (Å²) >= 11 is 0. The van der Waals surface area contributed by atoms with Gasteiger partial charge in [-0.1, -0.05) is 53.1 Å². The highest BCUT2D eigenvalue weighted by atomic mass is 16.7. The van der Waals surface area contributed by atoms with Crippen LogP contribution in [-0.4, -0.2) is 142 Å². The van der Waals surface area contributed by atoms with Crippen LogP contribution in [0.15, 0.2) is 5.16 Å². The van der Waals surface area contributed by atoms with Gasteiger partial charge >= 0.3 is 5.97 Å². The second kappa shape index (κ2) is 19.3. The van der Waals surface area contributed by atoms with Gasteiger partial charge in [0, 0.05) is 43.2 Å². The van der Waals surface area contributed by atoms with Gasteiger partial charge in [0.2, 0.25) is 0 Å². The molecule has 3 aliphatic rings. The van der Waals surface area contributed by atoms with Gasteiger partial charge in [0.15, 0.2) is 12.6 Å². The number of methoxy groups -OCH3 is 1.